The van der Waals surface area contributed by atoms with Crippen LogP contribution < -0.4 is 0 Å². The largest absolute Gasteiger partial charge is 0.501 e. The number of aromatic nitrogens is 4. The Bertz CT molecular complexity index is 1450. The SMILES string of the molecule is Cc1cc(-c2nc(-c3ccc(S(=O)(=O)C(F)(F)F)cc3)no2)nn1Cc1ccc(C#N)cc1. The Labute approximate surface area is 185 Å². The normalized spacial score (nSPS) is 12.0. The molecule has 33 heavy (non-hydrogen) atoms. The quantitative estimate of drug-likeness (QED) is 0.428. The van der Waals surface area contributed by atoms with E-state index in [1.54, 1.807) is 22.9 Å². The number of hydrogen-bond acceptors (Lipinski definition) is 7. The molecule has 0 aliphatic rings. The van der Waals surface area contributed by atoms with Crippen LogP contribution >= 0.6 is 0 Å². The second kappa shape index (κ2) is 8.18. The Morgan fingerprint density at radius 2 is 1.76 bits per heavy atom. The molecule has 0 bridgehead atoms. The third kappa shape index (κ3) is 4.35. The molecule has 0 unspecified atom stereocenters. The summed E-state index contributed by atoms with van der Waals surface area (Å²) < 4.78 is 68.0. The minimum Gasteiger partial charge on any atom is -0.332 e. The second-order valence-electron chi connectivity index (χ2n) is 7.03. The van der Waals surface area contributed by atoms with Crippen molar-refractivity contribution in [3.63, 3.8) is 0 Å². The number of nitriles is 1. The first-order valence-electron chi connectivity index (χ1n) is 9.38. The molecular formula is C21H14F3N5O3S. The molecule has 0 radical (unpaired) electrons. The predicted octanol–water partition coefficient (Wildman–Crippen LogP) is 4.12. The Balaban J connectivity index is 1.55. The summed E-state index contributed by atoms with van der Waals surface area (Å²) in [6, 6.07) is 14.9. The highest BCUT2D eigenvalue weighted by Crippen LogP contribution is 2.31. The van der Waals surface area contributed by atoms with Crippen molar-refractivity contribution in [3.8, 4) is 29.0 Å². The molecule has 0 aliphatic heterocycles. The van der Waals surface area contributed by atoms with Gasteiger partial charge in [-0.2, -0.15) is 28.5 Å². The van der Waals surface area contributed by atoms with E-state index < -0.39 is 20.2 Å². The topological polar surface area (TPSA) is 115 Å². The van der Waals surface area contributed by atoms with Gasteiger partial charge in [0.25, 0.3) is 15.7 Å². The lowest BCUT2D eigenvalue weighted by molar-refractivity contribution is -0.0436. The molecule has 2 aromatic carbocycles. The van der Waals surface area contributed by atoms with Gasteiger partial charge in [0.15, 0.2) is 5.69 Å². The number of benzene rings is 2. The monoisotopic (exact) mass is 473 g/mol. The van der Waals surface area contributed by atoms with Crippen LogP contribution in [0.2, 0.25) is 0 Å². The number of halogens is 3. The summed E-state index contributed by atoms with van der Waals surface area (Å²) >= 11 is 0. The molecule has 0 aliphatic carbocycles. The van der Waals surface area contributed by atoms with Crippen molar-refractivity contribution in [2.45, 2.75) is 23.9 Å². The zero-order chi connectivity index (χ0) is 23.8. The van der Waals surface area contributed by atoms with E-state index in [1.165, 1.54) is 12.1 Å². The molecule has 0 saturated carbocycles. The summed E-state index contributed by atoms with van der Waals surface area (Å²) in [6.45, 7) is 2.30. The van der Waals surface area contributed by atoms with Crippen molar-refractivity contribution in [2.75, 3.05) is 0 Å². The zero-order valence-electron chi connectivity index (χ0n) is 16.9. The number of alkyl halides is 3. The molecule has 0 atom stereocenters. The third-order valence-corrected chi connectivity index (χ3v) is 6.27. The highest BCUT2D eigenvalue weighted by atomic mass is 32.2. The molecule has 8 nitrogen and oxygen atoms in total. The molecule has 168 valence electrons. The van der Waals surface area contributed by atoms with Gasteiger partial charge in [0.1, 0.15) is 0 Å². The Morgan fingerprint density at radius 1 is 1.09 bits per heavy atom. The average Bonchev–Trinajstić information content (AvgIpc) is 3.41. The highest BCUT2D eigenvalue weighted by Gasteiger charge is 2.46. The van der Waals surface area contributed by atoms with Gasteiger partial charge in [-0.25, -0.2) is 8.42 Å². The maximum Gasteiger partial charge on any atom is 0.501 e. The summed E-state index contributed by atoms with van der Waals surface area (Å²) in [7, 11) is -5.44. The minimum atomic E-state index is -5.44. The standard InChI is InChI=1S/C21H14F3N5O3S/c1-13-10-18(27-29(13)12-15-4-2-14(11-25)3-5-15)20-26-19(28-32-20)16-6-8-17(9-7-16)33(30,31)21(22,23)24/h2-10H,12H2,1H3. The van der Waals surface area contributed by atoms with Gasteiger partial charge in [0.2, 0.25) is 5.82 Å². The minimum absolute atomic E-state index is 0.0697. The first-order chi connectivity index (χ1) is 15.6. The maximum absolute atomic E-state index is 12.7. The molecule has 2 aromatic heterocycles. The summed E-state index contributed by atoms with van der Waals surface area (Å²) in [5.74, 6) is 0.166. The van der Waals surface area contributed by atoms with E-state index in [0.717, 1.165) is 23.4 Å². The fraction of sp³-hybridized carbons (Fsp3) is 0.143. The van der Waals surface area contributed by atoms with Crippen LogP contribution in [0.3, 0.4) is 0 Å². The number of sulfone groups is 1. The lowest BCUT2D eigenvalue weighted by Gasteiger charge is -2.07. The number of hydrogen-bond donors (Lipinski definition) is 0. The summed E-state index contributed by atoms with van der Waals surface area (Å²) in [4.78, 5) is 3.34. The van der Waals surface area contributed by atoms with Crippen molar-refractivity contribution in [3.05, 3.63) is 71.4 Å². The number of nitrogens with zero attached hydrogens (tertiary/aromatic N) is 5. The van der Waals surface area contributed by atoms with Crippen molar-refractivity contribution < 1.29 is 26.1 Å². The van der Waals surface area contributed by atoms with Gasteiger partial charge in [-0.3, -0.25) is 4.68 Å². The van der Waals surface area contributed by atoms with E-state index in [2.05, 4.69) is 21.3 Å². The second-order valence-corrected chi connectivity index (χ2v) is 8.98. The van der Waals surface area contributed by atoms with E-state index in [-0.39, 0.29) is 17.3 Å². The smallest absolute Gasteiger partial charge is 0.332 e. The van der Waals surface area contributed by atoms with Crippen LogP contribution in [0, 0.1) is 18.3 Å². The van der Waals surface area contributed by atoms with E-state index in [4.69, 9.17) is 9.78 Å². The molecule has 4 aromatic rings. The third-order valence-electron chi connectivity index (χ3n) is 4.77. The Kier molecular flexibility index (Phi) is 5.51. The zero-order valence-corrected chi connectivity index (χ0v) is 17.7. The van der Waals surface area contributed by atoms with Gasteiger partial charge in [-0.15, -0.1) is 0 Å². The van der Waals surface area contributed by atoms with Crippen LogP contribution in [0.1, 0.15) is 16.8 Å². The van der Waals surface area contributed by atoms with Crippen molar-refractivity contribution >= 4 is 9.84 Å². The van der Waals surface area contributed by atoms with Crippen LogP contribution in [0.25, 0.3) is 23.0 Å². The van der Waals surface area contributed by atoms with E-state index in [9.17, 15) is 21.6 Å². The summed E-state index contributed by atoms with van der Waals surface area (Å²) in [5, 5.41) is 17.2. The fourth-order valence-electron chi connectivity index (χ4n) is 2.99. The summed E-state index contributed by atoms with van der Waals surface area (Å²) in [5.41, 5.74) is -2.40. The average molecular weight is 473 g/mol. The molecule has 0 spiro atoms. The van der Waals surface area contributed by atoms with Crippen molar-refractivity contribution in [1.29, 1.82) is 5.26 Å². The Hall–Kier alpha value is -3.98. The molecule has 0 saturated heterocycles. The molecule has 0 N–H and O–H groups in total. The van der Waals surface area contributed by atoms with Gasteiger partial charge < -0.3 is 4.52 Å². The maximum atomic E-state index is 12.7. The summed E-state index contributed by atoms with van der Waals surface area (Å²) in [6.07, 6.45) is 0. The van der Waals surface area contributed by atoms with Gasteiger partial charge in [0.05, 0.1) is 23.1 Å². The van der Waals surface area contributed by atoms with Crippen LogP contribution in [-0.4, -0.2) is 33.8 Å². The molecule has 4 rings (SSSR count). The first-order valence-corrected chi connectivity index (χ1v) is 10.9. The molecular weight excluding hydrogens is 459 g/mol. The lowest BCUT2D eigenvalue weighted by Crippen LogP contribution is -2.23. The van der Waals surface area contributed by atoms with Crippen LogP contribution in [0.15, 0.2) is 64.0 Å². The van der Waals surface area contributed by atoms with Gasteiger partial charge >= 0.3 is 5.51 Å². The van der Waals surface area contributed by atoms with Crippen LogP contribution in [0.5, 0.6) is 0 Å². The van der Waals surface area contributed by atoms with Gasteiger partial charge in [0, 0.05) is 11.3 Å². The van der Waals surface area contributed by atoms with Crippen LogP contribution in [-0.2, 0) is 16.4 Å². The molecule has 2 heterocycles. The van der Waals surface area contributed by atoms with Gasteiger partial charge in [-0.05, 0) is 55.0 Å². The van der Waals surface area contributed by atoms with E-state index in [1.807, 2.05) is 19.1 Å². The van der Waals surface area contributed by atoms with Crippen molar-refractivity contribution in [2.24, 2.45) is 0 Å². The van der Waals surface area contributed by atoms with E-state index >= 15 is 0 Å². The first kappa shape index (κ1) is 22.2. The van der Waals surface area contributed by atoms with Crippen LogP contribution in [0.4, 0.5) is 13.2 Å². The molecule has 0 amide bonds. The number of rotatable bonds is 5. The van der Waals surface area contributed by atoms with Crippen molar-refractivity contribution in [1.82, 2.24) is 19.9 Å². The molecule has 0 fully saturated rings. The fourth-order valence-corrected chi connectivity index (χ4v) is 3.76. The predicted molar refractivity (Wildman–Crippen MR) is 109 cm³/mol. The molecule has 12 heteroatoms. The van der Waals surface area contributed by atoms with E-state index in [0.29, 0.717) is 17.8 Å². The lowest BCUT2D eigenvalue weighted by atomic mass is 10.1. The highest BCUT2D eigenvalue weighted by molar-refractivity contribution is 7.92. The Morgan fingerprint density at radius 3 is 2.36 bits per heavy atom. The van der Waals surface area contributed by atoms with Gasteiger partial charge in [-0.1, -0.05) is 17.3 Å². The number of aryl methyl sites for hydroxylation is 1.